The minimum atomic E-state index is -0.131. The van der Waals surface area contributed by atoms with Crippen LogP contribution in [0.5, 0.6) is 0 Å². The van der Waals surface area contributed by atoms with Crippen LogP contribution in [0.15, 0.2) is 0 Å². The van der Waals surface area contributed by atoms with Gasteiger partial charge < -0.3 is 14.6 Å². The number of hydrogen-bond donors (Lipinski definition) is 0. The van der Waals surface area contributed by atoms with E-state index in [0.717, 1.165) is 39.0 Å². The van der Waals surface area contributed by atoms with Crippen molar-refractivity contribution in [3.63, 3.8) is 0 Å². The molecule has 0 atom stereocenters. The number of hydrogen-bond acceptors (Lipinski definition) is 3. The summed E-state index contributed by atoms with van der Waals surface area (Å²) in [5.41, 5.74) is -0.131. The molecule has 0 rings (SSSR count). The molecule has 0 aliphatic carbocycles. The first-order valence-electron chi connectivity index (χ1n) is 6.87. The SMILES string of the molecule is CCN(CCCN(C)C)CC(C=O)(CC)CC. The number of aldehydes is 1. The molecule has 0 spiro atoms. The zero-order valence-electron chi connectivity index (χ0n) is 12.3. The van der Waals surface area contributed by atoms with E-state index in [9.17, 15) is 4.79 Å². The summed E-state index contributed by atoms with van der Waals surface area (Å²) in [4.78, 5) is 15.9. The van der Waals surface area contributed by atoms with E-state index < -0.39 is 0 Å². The fraction of sp³-hybridized carbons (Fsp3) is 0.929. The summed E-state index contributed by atoms with van der Waals surface area (Å²) in [5.74, 6) is 0. The predicted octanol–water partition coefficient (Wildman–Crippen LogP) is 2.27. The quantitative estimate of drug-likeness (QED) is 0.549. The molecule has 0 aromatic heterocycles. The summed E-state index contributed by atoms with van der Waals surface area (Å²) in [6.07, 6.45) is 4.22. The van der Waals surface area contributed by atoms with Gasteiger partial charge in [-0.25, -0.2) is 0 Å². The van der Waals surface area contributed by atoms with Crippen molar-refractivity contribution in [3.05, 3.63) is 0 Å². The molecule has 0 aliphatic heterocycles. The first-order valence-corrected chi connectivity index (χ1v) is 6.87. The summed E-state index contributed by atoms with van der Waals surface area (Å²) < 4.78 is 0. The Morgan fingerprint density at radius 2 is 1.65 bits per heavy atom. The largest absolute Gasteiger partial charge is 0.309 e. The molecule has 0 amide bonds. The molecule has 0 fully saturated rings. The summed E-state index contributed by atoms with van der Waals surface area (Å²) in [5, 5.41) is 0. The maximum absolute atomic E-state index is 11.3. The third-order valence-electron chi connectivity index (χ3n) is 3.72. The van der Waals surface area contributed by atoms with E-state index in [-0.39, 0.29) is 5.41 Å². The maximum Gasteiger partial charge on any atom is 0.127 e. The van der Waals surface area contributed by atoms with E-state index in [2.05, 4.69) is 44.7 Å². The third kappa shape index (κ3) is 6.18. The van der Waals surface area contributed by atoms with Crippen LogP contribution in [-0.4, -0.2) is 56.4 Å². The lowest BCUT2D eigenvalue weighted by atomic mass is 9.83. The Kier molecular flexibility index (Phi) is 8.44. The van der Waals surface area contributed by atoms with Crippen LogP contribution >= 0.6 is 0 Å². The van der Waals surface area contributed by atoms with Crippen molar-refractivity contribution < 1.29 is 4.79 Å². The number of nitrogens with zero attached hydrogens (tertiary/aromatic N) is 2. The van der Waals surface area contributed by atoms with Gasteiger partial charge in [-0.2, -0.15) is 0 Å². The van der Waals surface area contributed by atoms with E-state index in [0.29, 0.717) is 0 Å². The fourth-order valence-corrected chi connectivity index (χ4v) is 2.08. The Morgan fingerprint density at radius 3 is 2.00 bits per heavy atom. The number of carbonyl (C=O) groups excluding carboxylic acids is 1. The average molecular weight is 242 g/mol. The smallest absolute Gasteiger partial charge is 0.127 e. The molecule has 0 saturated carbocycles. The van der Waals surface area contributed by atoms with Crippen LogP contribution in [0.4, 0.5) is 0 Å². The van der Waals surface area contributed by atoms with E-state index in [1.54, 1.807) is 0 Å². The van der Waals surface area contributed by atoms with E-state index in [1.807, 2.05) is 0 Å². The van der Waals surface area contributed by atoms with E-state index in [1.165, 1.54) is 12.7 Å². The molecule has 3 heteroatoms. The highest BCUT2D eigenvalue weighted by Gasteiger charge is 2.27. The van der Waals surface area contributed by atoms with Gasteiger partial charge in [-0.3, -0.25) is 0 Å². The predicted molar refractivity (Wildman–Crippen MR) is 74.4 cm³/mol. The molecular weight excluding hydrogens is 212 g/mol. The van der Waals surface area contributed by atoms with Gasteiger partial charge in [0.25, 0.3) is 0 Å². The van der Waals surface area contributed by atoms with Crippen molar-refractivity contribution in [2.75, 3.05) is 40.3 Å². The lowest BCUT2D eigenvalue weighted by molar-refractivity contribution is -0.117. The second-order valence-electron chi connectivity index (χ2n) is 5.21. The lowest BCUT2D eigenvalue weighted by Crippen LogP contribution is -2.39. The van der Waals surface area contributed by atoms with Crippen molar-refractivity contribution in [1.29, 1.82) is 0 Å². The van der Waals surface area contributed by atoms with Crippen LogP contribution in [0.3, 0.4) is 0 Å². The van der Waals surface area contributed by atoms with Crippen LogP contribution in [-0.2, 0) is 4.79 Å². The number of carbonyl (C=O) groups is 1. The molecule has 3 nitrogen and oxygen atoms in total. The van der Waals surface area contributed by atoms with E-state index >= 15 is 0 Å². The first-order chi connectivity index (χ1) is 8.03. The van der Waals surface area contributed by atoms with Gasteiger partial charge in [-0.15, -0.1) is 0 Å². The van der Waals surface area contributed by atoms with Gasteiger partial charge >= 0.3 is 0 Å². The lowest BCUT2D eigenvalue weighted by Gasteiger charge is -2.32. The van der Waals surface area contributed by atoms with Gasteiger partial charge in [0.05, 0.1) is 0 Å². The van der Waals surface area contributed by atoms with Crippen LogP contribution in [0.2, 0.25) is 0 Å². The summed E-state index contributed by atoms with van der Waals surface area (Å²) in [6, 6.07) is 0. The average Bonchev–Trinajstić information content (AvgIpc) is 2.34. The molecular formula is C14H30N2O. The molecule has 17 heavy (non-hydrogen) atoms. The van der Waals surface area contributed by atoms with Crippen molar-refractivity contribution in [1.82, 2.24) is 9.80 Å². The van der Waals surface area contributed by atoms with Gasteiger partial charge in [0.1, 0.15) is 6.29 Å². The zero-order valence-corrected chi connectivity index (χ0v) is 12.3. The van der Waals surface area contributed by atoms with Crippen LogP contribution in [0.25, 0.3) is 0 Å². The highest BCUT2D eigenvalue weighted by molar-refractivity contribution is 5.59. The molecule has 102 valence electrons. The van der Waals surface area contributed by atoms with Crippen LogP contribution < -0.4 is 0 Å². The Balaban J connectivity index is 4.22. The standard InChI is InChI=1S/C14H30N2O/c1-6-14(7-2,13-17)12-16(8-3)11-9-10-15(4)5/h13H,6-12H2,1-5H3. The van der Waals surface area contributed by atoms with Crippen molar-refractivity contribution in [2.45, 2.75) is 40.0 Å². The molecule has 0 saturated heterocycles. The maximum atomic E-state index is 11.3. The van der Waals surface area contributed by atoms with Gasteiger partial charge in [0.2, 0.25) is 0 Å². The molecule has 0 heterocycles. The first kappa shape index (κ1) is 16.6. The minimum absolute atomic E-state index is 0.131. The molecule has 0 N–H and O–H groups in total. The van der Waals surface area contributed by atoms with Crippen LogP contribution in [0.1, 0.15) is 40.0 Å². The van der Waals surface area contributed by atoms with Crippen molar-refractivity contribution in [3.8, 4) is 0 Å². The van der Waals surface area contributed by atoms with Gasteiger partial charge in [0, 0.05) is 12.0 Å². The molecule has 0 aromatic rings. The number of rotatable bonds is 10. The highest BCUT2D eigenvalue weighted by Crippen LogP contribution is 2.24. The topological polar surface area (TPSA) is 23.6 Å². The molecule has 0 bridgehead atoms. The summed E-state index contributed by atoms with van der Waals surface area (Å²) >= 11 is 0. The molecule has 0 aliphatic rings. The summed E-state index contributed by atoms with van der Waals surface area (Å²) in [6.45, 7) is 10.6. The molecule has 0 radical (unpaired) electrons. The monoisotopic (exact) mass is 242 g/mol. The Morgan fingerprint density at radius 1 is 1.06 bits per heavy atom. The minimum Gasteiger partial charge on any atom is -0.309 e. The Hall–Kier alpha value is -0.410. The highest BCUT2D eigenvalue weighted by atomic mass is 16.1. The zero-order chi connectivity index (χ0) is 13.3. The van der Waals surface area contributed by atoms with Crippen LogP contribution in [0, 0.1) is 5.41 Å². The van der Waals surface area contributed by atoms with Crippen molar-refractivity contribution >= 4 is 6.29 Å². The molecule has 0 aromatic carbocycles. The van der Waals surface area contributed by atoms with E-state index in [4.69, 9.17) is 0 Å². The molecule has 0 unspecified atom stereocenters. The van der Waals surface area contributed by atoms with Crippen molar-refractivity contribution in [2.24, 2.45) is 5.41 Å². The second kappa shape index (κ2) is 8.65. The summed E-state index contributed by atoms with van der Waals surface area (Å²) in [7, 11) is 4.20. The Labute approximate surface area is 107 Å². The van der Waals surface area contributed by atoms with Gasteiger partial charge in [-0.05, 0) is 53.0 Å². The Bertz CT molecular complexity index is 200. The second-order valence-corrected chi connectivity index (χ2v) is 5.21. The van der Waals surface area contributed by atoms with Gasteiger partial charge in [0.15, 0.2) is 0 Å². The normalized spacial score (nSPS) is 12.4. The third-order valence-corrected chi connectivity index (χ3v) is 3.72. The van der Waals surface area contributed by atoms with Gasteiger partial charge in [-0.1, -0.05) is 20.8 Å². The fourth-order valence-electron chi connectivity index (χ4n) is 2.08.